The Bertz CT molecular complexity index is 480. The average molecular weight is 287 g/mol. The van der Waals surface area contributed by atoms with Crippen LogP contribution in [0.15, 0.2) is 18.2 Å². The van der Waals surface area contributed by atoms with Crippen molar-refractivity contribution in [2.45, 2.75) is 58.5 Å². The predicted molar refractivity (Wildman–Crippen MR) is 87.5 cm³/mol. The van der Waals surface area contributed by atoms with Crippen molar-refractivity contribution in [1.82, 2.24) is 4.90 Å². The van der Waals surface area contributed by atoms with E-state index in [9.17, 15) is 5.11 Å². The second-order valence-electron chi connectivity index (χ2n) is 7.38. The Morgan fingerprint density at radius 1 is 1.10 bits per heavy atom. The zero-order chi connectivity index (χ0) is 14.9. The Morgan fingerprint density at radius 3 is 2.38 bits per heavy atom. The van der Waals surface area contributed by atoms with Crippen LogP contribution in [-0.4, -0.2) is 29.6 Å². The van der Waals surface area contributed by atoms with Crippen LogP contribution in [-0.2, 0) is 0 Å². The van der Waals surface area contributed by atoms with Gasteiger partial charge in [-0.1, -0.05) is 36.6 Å². The standard InChI is InChI=1S/C19H29NO/c1-15-5-6-17(16(2)13-15)18(21)14-20-11-9-19(10-12-20)7-3-4-8-19/h5-6,13,18,21H,3-4,7-12,14H2,1-2H3. The summed E-state index contributed by atoms with van der Waals surface area (Å²) in [7, 11) is 0. The van der Waals surface area contributed by atoms with Gasteiger partial charge in [-0.15, -0.1) is 0 Å². The van der Waals surface area contributed by atoms with Crippen LogP contribution in [0.3, 0.4) is 0 Å². The third kappa shape index (κ3) is 3.32. The number of aryl methyl sites for hydroxylation is 2. The van der Waals surface area contributed by atoms with Gasteiger partial charge < -0.3 is 10.0 Å². The molecule has 1 saturated carbocycles. The molecule has 1 spiro atoms. The summed E-state index contributed by atoms with van der Waals surface area (Å²) in [4.78, 5) is 2.47. The number of β-amino-alcohol motifs (C(OH)–C–C–N with tert-alkyl or cyclic N) is 1. The Balaban J connectivity index is 1.57. The summed E-state index contributed by atoms with van der Waals surface area (Å²) in [6.07, 6.45) is 8.10. The van der Waals surface area contributed by atoms with Gasteiger partial charge in [-0.25, -0.2) is 0 Å². The molecule has 0 amide bonds. The van der Waals surface area contributed by atoms with E-state index in [0.29, 0.717) is 5.41 Å². The van der Waals surface area contributed by atoms with Crippen LogP contribution in [0.1, 0.15) is 61.3 Å². The van der Waals surface area contributed by atoms with Gasteiger partial charge >= 0.3 is 0 Å². The van der Waals surface area contributed by atoms with E-state index in [0.717, 1.165) is 12.1 Å². The molecule has 3 rings (SSSR count). The highest BCUT2D eigenvalue weighted by molar-refractivity contribution is 5.32. The van der Waals surface area contributed by atoms with Crippen LogP contribution >= 0.6 is 0 Å². The van der Waals surface area contributed by atoms with Crippen molar-refractivity contribution in [3.8, 4) is 0 Å². The maximum atomic E-state index is 10.6. The van der Waals surface area contributed by atoms with E-state index in [4.69, 9.17) is 0 Å². The molecule has 2 heteroatoms. The van der Waals surface area contributed by atoms with Crippen molar-refractivity contribution < 1.29 is 5.11 Å². The van der Waals surface area contributed by atoms with Crippen LogP contribution in [0.25, 0.3) is 0 Å². The number of hydrogen-bond acceptors (Lipinski definition) is 2. The number of aliphatic hydroxyl groups excluding tert-OH is 1. The van der Waals surface area contributed by atoms with E-state index in [2.05, 4.69) is 36.9 Å². The van der Waals surface area contributed by atoms with E-state index >= 15 is 0 Å². The number of hydrogen-bond donors (Lipinski definition) is 1. The fraction of sp³-hybridized carbons (Fsp3) is 0.684. The molecule has 1 aliphatic heterocycles. The fourth-order valence-corrected chi connectivity index (χ4v) is 4.38. The minimum absolute atomic E-state index is 0.344. The zero-order valence-corrected chi connectivity index (χ0v) is 13.6. The summed E-state index contributed by atoms with van der Waals surface area (Å²) in [5.41, 5.74) is 4.25. The van der Waals surface area contributed by atoms with Gasteiger partial charge in [-0.3, -0.25) is 0 Å². The van der Waals surface area contributed by atoms with Crippen molar-refractivity contribution in [3.63, 3.8) is 0 Å². The van der Waals surface area contributed by atoms with Crippen molar-refractivity contribution in [1.29, 1.82) is 0 Å². The third-order valence-electron chi connectivity index (χ3n) is 5.80. The smallest absolute Gasteiger partial charge is 0.0919 e. The van der Waals surface area contributed by atoms with Crippen LogP contribution in [0.5, 0.6) is 0 Å². The van der Waals surface area contributed by atoms with Crippen molar-refractivity contribution in [2.75, 3.05) is 19.6 Å². The third-order valence-corrected chi connectivity index (χ3v) is 5.80. The van der Waals surface area contributed by atoms with Crippen molar-refractivity contribution in [2.24, 2.45) is 5.41 Å². The number of nitrogens with zero attached hydrogens (tertiary/aromatic N) is 1. The molecule has 1 aromatic carbocycles. The second kappa shape index (κ2) is 6.10. The van der Waals surface area contributed by atoms with Gasteiger partial charge in [-0.2, -0.15) is 0 Å². The minimum atomic E-state index is -0.344. The van der Waals surface area contributed by atoms with E-state index < -0.39 is 0 Å². The first-order chi connectivity index (χ1) is 10.1. The number of benzene rings is 1. The predicted octanol–water partition coefficient (Wildman–Crippen LogP) is 3.99. The normalized spacial score (nSPS) is 23.6. The molecule has 116 valence electrons. The first-order valence-electron chi connectivity index (χ1n) is 8.56. The van der Waals surface area contributed by atoms with Gasteiger partial charge in [0.2, 0.25) is 0 Å². The highest BCUT2D eigenvalue weighted by Gasteiger charge is 2.37. The molecule has 2 aliphatic rings. The summed E-state index contributed by atoms with van der Waals surface area (Å²) in [6, 6.07) is 6.37. The summed E-state index contributed by atoms with van der Waals surface area (Å²) in [6.45, 7) is 7.34. The molecule has 2 fully saturated rings. The molecule has 1 N–H and O–H groups in total. The molecule has 0 bridgehead atoms. The summed E-state index contributed by atoms with van der Waals surface area (Å²) in [5, 5.41) is 10.6. The van der Waals surface area contributed by atoms with E-state index in [-0.39, 0.29) is 6.10 Å². The molecule has 1 heterocycles. The molecule has 0 aromatic heterocycles. The van der Waals surface area contributed by atoms with Gasteiger partial charge in [0.05, 0.1) is 6.10 Å². The molecular weight excluding hydrogens is 258 g/mol. The Labute approximate surface area is 129 Å². The molecule has 1 aromatic rings. The summed E-state index contributed by atoms with van der Waals surface area (Å²) in [5.74, 6) is 0. The molecule has 1 unspecified atom stereocenters. The van der Waals surface area contributed by atoms with E-state index in [1.54, 1.807) is 0 Å². The monoisotopic (exact) mass is 287 g/mol. The average Bonchev–Trinajstić information content (AvgIpc) is 2.90. The second-order valence-corrected chi connectivity index (χ2v) is 7.38. The Kier molecular flexibility index (Phi) is 4.37. The lowest BCUT2D eigenvalue weighted by molar-refractivity contribution is 0.0594. The molecule has 21 heavy (non-hydrogen) atoms. The largest absolute Gasteiger partial charge is 0.387 e. The highest BCUT2D eigenvalue weighted by Crippen LogP contribution is 2.46. The summed E-state index contributed by atoms with van der Waals surface area (Å²) < 4.78 is 0. The van der Waals surface area contributed by atoms with E-state index in [1.165, 1.54) is 62.7 Å². The van der Waals surface area contributed by atoms with Crippen molar-refractivity contribution in [3.05, 3.63) is 34.9 Å². The fourth-order valence-electron chi connectivity index (χ4n) is 4.38. The highest BCUT2D eigenvalue weighted by atomic mass is 16.3. The number of aliphatic hydroxyl groups is 1. The molecule has 2 nitrogen and oxygen atoms in total. The zero-order valence-electron chi connectivity index (χ0n) is 13.6. The topological polar surface area (TPSA) is 23.5 Å². The molecule has 1 saturated heterocycles. The van der Waals surface area contributed by atoms with Crippen LogP contribution in [0, 0.1) is 19.3 Å². The maximum Gasteiger partial charge on any atom is 0.0919 e. The molecule has 1 atom stereocenters. The number of rotatable bonds is 3. The Morgan fingerprint density at radius 2 is 1.76 bits per heavy atom. The lowest BCUT2D eigenvalue weighted by Crippen LogP contribution is -2.40. The summed E-state index contributed by atoms with van der Waals surface area (Å²) >= 11 is 0. The molecule has 0 radical (unpaired) electrons. The molecule has 1 aliphatic carbocycles. The van der Waals surface area contributed by atoms with Gasteiger partial charge in [0.1, 0.15) is 0 Å². The number of piperidine rings is 1. The Hall–Kier alpha value is -0.860. The van der Waals surface area contributed by atoms with Gasteiger partial charge in [0.15, 0.2) is 0 Å². The quantitative estimate of drug-likeness (QED) is 0.908. The van der Waals surface area contributed by atoms with Crippen LogP contribution < -0.4 is 0 Å². The van der Waals surface area contributed by atoms with Gasteiger partial charge in [0.25, 0.3) is 0 Å². The maximum absolute atomic E-state index is 10.6. The van der Waals surface area contributed by atoms with E-state index in [1.807, 2.05) is 0 Å². The van der Waals surface area contributed by atoms with Gasteiger partial charge in [0, 0.05) is 6.54 Å². The minimum Gasteiger partial charge on any atom is -0.387 e. The number of likely N-dealkylation sites (tertiary alicyclic amines) is 1. The van der Waals surface area contributed by atoms with Crippen molar-refractivity contribution >= 4 is 0 Å². The van der Waals surface area contributed by atoms with Crippen LogP contribution in [0.4, 0.5) is 0 Å². The van der Waals surface area contributed by atoms with Crippen LogP contribution in [0.2, 0.25) is 0 Å². The first-order valence-corrected chi connectivity index (χ1v) is 8.56. The SMILES string of the molecule is Cc1ccc(C(O)CN2CCC3(CCCC3)CC2)c(C)c1. The first kappa shape index (κ1) is 15.1. The lowest BCUT2D eigenvalue weighted by atomic mass is 9.77. The lowest BCUT2D eigenvalue weighted by Gasteiger charge is -2.40. The molecular formula is C19H29NO. The van der Waals surface area contributed by atoms with Gasteiger partial charge in [-0.05, 0) is 69.2 Å².